The van der Waals surface area contributed by atoms with Crippen molar-refractivity contribution in [3.8, 4) is 5.75 Å². The maximum absolute atomic E-state index is 11.8. The Morgan fingerprint density at radius 2 is 1.86 bits per heavy atom. The number of hydrogen-bond acceptors (Lipinski definition) is 3. The van der Waals surface area contributed by atoms with Crippen LogP contribution in [0.1, 0.15) is 31.1 Å². The largest absolute Gasteiger partial charge is 0.493 e. The van der Waals surface area contributed by atoms with Crippen molar-refractivity contribution < 1.29 is 14.6 Å². The molecular formula is C17H21NO3. The van der Waals surface area contributed by atoms with Crippen LogP contribution in [0, 0.1) is 0 Å². The molecule has 2 rings (SSSR count). The second-order valence-electron chi connectivity index (χ2n) is 4.73. The van der Waals surface area contributed by atoms with Gasteiger partial charge in [0, 0.05) is 18.5 Å². The number of carbonyl (C=O) groups is 1. The first-order chi connectivity index (χ1) is 10.1. The van der Waals surface area contributed by atoms with E-state index in [9.17, 15) is 9.90 Å². The van der Waals surface area contributed by atoms with Gasteiger partial charge in [-0.25, -0.2) is 4.79 Å². The second-order valence-corrected chi connectivity index (χ2v) is 4.73. The molecule has 0 unspecified atom stereocenters. The molecule has 0 aliphatic heterocycles. The highest BCUT2D eigenvalue weighted by atomic mass is 16.5. The third-order valence-corrected chi connectivity index (χ3v) is 3.58. The number of fused-ring (bicyclic) bond motifs is 1. The molecule has 0 fully saturated rings. The van der Waals surface area contributed by atoms with Gasteiger partial charge in [-0.2, -0.15) is 0 Å². The molecule has 2 aromatic rings. The quantitative estimate of drug-likeness (QED) is 0.878. The maximum atomic E-state index is 11.8. The van der Waals surface area contributed by atoms with Crippen molar-refractivity contribution in [1.82, 2.24) is 0 Å². The van der Waals surface area contributed by atoms with Crippen LogP contribution in [0.25, 0.3) is 10.8 Å². The molecule has 0 aliphatic carbocycles. The molecule has 112 valence electrons. The summed E-state index contributed by atoms with van der Waals surface area (Å²) in [4.78, 5) is 13.9. The van der Waals surface area contributed by atoms with Gasteiger partial charge < -0.3 is 14.7 Å². The predicted octanol–water partition coefficient (Wildman–Crippen LogP) is 3.78. The minimum absolute atomic E-state index is 0.249. The smallest absolute Gasteiger partial charge is 0.341 e. The van der Waals surface area contributed by atoms with Gasteiger partial charge in [0.15, 0.2) is 0 Å². The van der Waals surface area contributed by atoms with E-state index in [1.54, 1.807) is 0 Å². The predicted molar refractivity (Wildman–Crippen MR) is 85.6 cm³/mol. The molecule has 0 radical (unpaired) electrons. The summed E-state index contributed by atoms with van der Waals surface area (Å²) >= 11 is 0. The van der Waals surface area contributed by atoms with Gasteiger partial charge in [0.25, 0.3) is 0 Å². The van der Waals surface area contributed by atoms with Crippen LogP contribution < -0.4 is 9.64 Å². The van der Waals surface area contributed by atoms with Gasteiger partial charge in [-0.05, 0) is 32.2 Å². The van der Waals surface area contributed by atoms with Gasteiger partial charge in [-0.1, -0.05) is 24.3 Å². The molecule has 21 heavy (non-hydrogen) atoms. The first-order valence-electron chi connectivity index (χ1n) is 7.30. The molecule has 1 N–H and O–H groups in total. The number of nitrogens with zero attached hydrogens (tertiary/aromatic N) is 1. The molecule has 0 heterocycles. The summed E-state index contributed by atoms with van der Waals surface area (Å²) in [5, 5.41) is 11.6. The summed E-state index contributed by atoms with van der Waals surface area (Å²) in [7, 11) is 0. The van der Waals surface area contributed by atoms with Crippen LogP contribution in [-0.4, -0.2) is 30.8 Å². The Balaban J connectivity index is 2.85. The van der Waals surface area contributed by atoms with Gasteiger partial charge in [-0.3, -0.25) is 0 Å². The van der Waals surface area contributed by atoms with E-state index in [0.29, 0.717) is 12.4 Å². The Morgan fingerprint density at radius 1 is 1.19 bits per heavy atom. The fraction of sp³-hybridized carbons (Fsp3) is 0.353. The lowest BCUT2D eigenvalue weighted by molar-refractivity contribution is 0.0693. The zero-order chi connectivity index (χ0) is 15.4. The molecule has 0 atom stereocenters. The molecule has 0 saturated carbocycles. The third-order valence-electron chi connectivity index (χ3n) is 3.58. The average Bonchev–Trinajstić information content (AvgIpc) is 2.48. The van der Waals surface area contributed by atoms with Crippen LogP contribution in [0.4, 0.5) is 5.69 Å². The summed E-state index contributed by atoms with van der Waals surface area (Å²) < 4.78 is 5.58. The van der Waals surface area contributed by atoms with Crippen molar-refractivity contribution in [2.75, 3.05) is 24.6 Å². The zero-order valence-corrected chi connectivity index (χ0v) is 12.7. The fourth-order valence-corrected chi connectivity index (χ4v) is 2.65. The molecular weight excluding hydrogens is 266 g/mol. The van der Waals surface area contributed by atoms with E-state index >= 15 is 0 Å². The van der Waals surface area contributed by atoms with Crippen LogP contribution in [0.3, 0.4) is 0 Å². The molecule has 0 saturated heterocycles. The Labute approximate surface area is 124 Å². The van der Waals surface area contributed by atoms with Crippen molar-refractivity contribution in [2.24, 2.45) is 0 Å². The molecule has 0 spiro atoms. The molecule has 0 bridgehead atoms. The minimum atomic E-state index is -0.953. The maximum Gasteiger partial charge on any atom is 0.341 e. The highest BCUT2D eigenvalue weighted by Crippen LogP contribution is 2.37. The van der Waals surface area contributed by atoms with Crippen LogP contribution in [-0.2, 0) is 0 Å². The second kappa shape index (κ2) is 6.48. The molecule has 0 amide bonds. The average molecular weight is 287 g/mol. The van der Waals surface area contributed by atoms with E-state index in [1.165, 1.54) is 0 Å². The Hall–Kier alpha value is -2.23. The van der Waals surface area contributed by atoms with Gasteiger partial charge >= 0.3 is 5.97 Å². The third kappa shape index (κ3) is 2.79. The number of aromatic carboxylic acids is 1. The van der Waals surface area contributed by atoms with Gasteiger partial charge in [-0.15, -0.1) is 0 Å². The van der Waals surface area contributed by atoms with E-state index in [0.717, 1.165) is 29.5 Å². The van der Waals surface area contributed by atoms with Crippen LogP contribution in [0.5, 0.6) is 5.75 Å². The van der Waals surface area contributed by atoms with E-state index in [1.807, 2.05) is 51.1 Å². The van der Waals surface area contributed by atoms with Crippen LogP contribution in [0.15, 0.2) is 30.3 Å². The zero-order valence-electron chi connectivity index (χ0n) is 12.7. The van der Waals surface area contributed by atoms with E-state index in [4.69, 9.17) is 4.74 Å². The van der Waals surface area contributed by atoms with E-state index < -0.39 is 5.97 Å². The first kappa shape index (κ1) is 15.2. The van der Waals surface area contributed by atoms with Gasteiger partial charge in [0.1, 0.15) is 11.3 Å². The molecule has 2 aromatic carbocycles. The highest BCUT2D eigenvalue weighted by molar-refractivity contribution is 6.08. The van der Waals surface area contributed by atoms with E-state index in [-0.39, 0.29) is 5.56 Å². The number of anilines is 1. The number of hydrogen-bond donors (Lipinski definition) is 1. The number of carboxylic acid groups (broad SMARTS) is 1. The SMILES string of the molecule is CCOc1cc2ccccc2c(N(CC)CC)c1C(=O)O. The minimum Gasteiger partial charge on any atom is -0.493 e. The lowest BCUT2D eigenvalue weighted by atomic mass is 10.0. The molecule has 0 aliphatic rings. The number of rotatable bonds is 6. The summed E-state index contributed by atoms with van der Waals surface area (Å²) in [5.74, 6) is -0.517. The molecule has 4 heteroatoms. The van der Waals surface area contributed by atoms with Crippen LogP contribution in [0.2, 0.25) is 0 Å². The monoisotopic (exact) mass is 287 g/mol. The lowest BCUT2D eigenvalue weighted by Gasteiger charge is -2.26. The highest BCUT2D eigenvalue weighted by Gasteiger charge is 2.23. The van der Waals surface area contributed by atoms with Crippen LogP contribution >= 0.6 is 0 Å². The summed E-state index contributed by atoms with van der Waals surface area (Å²) in [5.41, 5.74) is 0.994. The molecule has 4 nitrogen and oxygen atoms in total. The Morgan fingerprint density at radius 3 is 2.43 bits per heavy atom. The van der Waals surface area contributed by atoms with Crippen molar-refractivity contribution in [3.63, 3.8) is 0 Å². The van der Waals surface area contributed by atoms with Gasteiger partial charge in [0.05, 0.1) is 12.3 Å². The summed E-state index contributed by atoms with van der Waals surface area (Å²) in [6, 6.07) is 9.64. The van der Waals surface area contributed by atoms with Crippen molar-refractivity contribution in [3.05, 3.63) is 35.9 Å². The standard InChI is InChI=1S/C17H21NO3/c1-4-18(5-2)16-13-10-8-7-9-12(13)11-14(21-6-3)15(16)17(19)20/h7-11H,4-6H2,1-3H3,(H,19,20). The summed E-state index contributed by atoms with van der Waals surface area (Å²) in [6.07, 6.45) is 0. The first-order valence-corrected chi connectivity index (χ1v) is 7.30. The number of ether oxygens (including phenoxy) is 1. The Kier molecular flexibility index (Phi) is 4.68. The lowest BCUT2D eigenvalue weighted by Crippen LogP contribution is -2.25. The number of carboxylic acids is 1. The van der Waals surface area contributed by atoms with Gasteiger partial charge in [0.2, 0.25) is 0 Å². The van der Waals surface area contributed by atoms with Crippen molar-refractivity contribution in [2.45, 2.75) is 20.8 Å². The Bertz CT molecular complexity index is 648. The van der Waals surface area contributed by atoms with Crippen molar-refractivity contribution in [1.29, 1.82) is 0 Å². The fourth-order valence-electron chi connectivity index (χ4n) is 2.65. The molecule has 0 aromatic heterocycles. The number of benzene rings is 2. The van der Waals surface area contributed by atoms with Crippen molar-refractivity contribution >= 4 is 22.4 Å². The normalized spacial score (nSPS) is 10.6. The summed E-state index contributed by atoms with van der Waals surface area (Å²) in [6.45, 7) is 7.84. The van der Waals surface area contributed by atoms with E-state index in [2.05, 4.69) is 4.90 Å². The topological polar surface area (TPSA) is 49.8 Å².